The quantitative estimate of drug-likeness (QED) is 0.798. The average molecular weight is 341 g/mol. The maximum absolute atomic E-state index is 12.5. The van der Waals surface area contributed by atoms with Crippen molar-refractivity contribution >= 4 is 17.6 Å². The molecule has 7 nitrogen and oxygen atoms in total. The molecule has 7 heteroatoms. The van der Waals surface area contributed by atoms with Crippen LogP contribution in [-0.4, -0.2) is 40.1 Å². The summed E-state index contributed by atoms with van der Waals surface area (Å²) in [6, 6.07) is 5.17. The van der Waals surface area contributed by atoms with E-state index in [4.69, 9.17) is 0 Å². The summed E-state index contributed by atoms with van der Waals surface area (Å²) in [7, 11) is 0. The third kappa shape index (κ3) is 3.81. The summed E-state index contributed by atoms with van der Waals surface area (Å²) in [6.45, 7) is 5.75. The van der Waals surface area contributed by atoms with E-state index in [1.807, 2.05) is 13.8 Å². The number of urea groups is 1. The number of rotatable bonds is 4. The van der Waals surface area contributed by atoms with Gasteiger partial charge in [-0.25, -0.2) is 4.79 Å². The van der Waals surface area contributed by atoms with Crippen LogP contribution in [0.1, 0.15) is 40.5 Å². The van der Waals surface area contributed by atoms with Crippen LogP contribution >= 0.6 is 0 Å². The lowest BCUT2D eigenvalue weighted by Gasteiger charge is -2.27. The summed E-state index contributed by atoms with van der Waals surface area (Å²) < 4.78 is 0. The fraction of sp³-hybridized carbons (Fsp3) is 0.389. The fourth-order valence-electron chi connectivity index (χ4n) is 2.88. The van der Waals surface area contributed by atoms with E-state index < -0.39 is 0 Å². The smallest absolute Gasteiger partial charge is 0.322 e. The first-order valence-electron chi connectivity index (χ1n) is 8.54. The van der Waals surface area contributed by atoms with Crippen LogP contribution in [0, 0.1) is 6.92 Å². The number of fused-ring (bicyclic) bond motifs is 1. The van der Waals surface area contributed by atoms with Gasteiger partial charge >= 0.3 is 6.03 Å². The third-order valence-electron chi connectivity index (χ3n) is 4.35. The van der Waals surface area contributed by atoms with Gasteiger partial charge in [0.05, 0.1) is 12.7 Å². The molecule has 1 aliphatic heterocycles. The summed E-state index contributed by atoms with van der Waals surface area (Å²) in [4.78, 5) is 26.3. The summed E-state index contributed by atoms with van der Waals surface area (Å²) in [6.07, 6.45) is 3.44. The van der Waals surface area contributed by atoms with Crippen molar-refractivity contribution in [2.75, 3.05) is 18.4 Å². The van der Waals surface area contributed by atoms with Crippen molar-refractivity contribution in [3.63, 3.8) is 0 Å². The molecule has 0 unspecified atom stereocenters. The Balaban J connectivity index is 1.65. The van der Waals surface area contributed by atoms with Gasteiger partial charge in [0.25, 0.3) is 5.91 Å². The topological polar surface area (TPSA) is 90.1 Å². The van der Waals surface area contributed by atoms with Crippen molar-refractivity contribution in [3.8, 4) is 0 Å². The number of nitrogens with zero attached hydrogens (tertiary/aromatic N) is 2. The van der Waals surface area contributed by atoms with Gasteiger partial charge in [0.1, 0.15) is 0 Å². The van der Waals surface area contributed by atoms with Gasteiger partial charge in [-0.2, -0.15) is 5.10 Å². The molecule has 1 aromatic carbocycles. The standard InChI is InChI=1S/C18H23N5O2/c1-3-7-19-17(24)13-4-5-15(12(2)9-13)21-18(25)23-8-6-16-14(11-23)10-20-22-16/h4-5,9-10H,3,6-8,11H2,1-2H3,(H,19,24)(H,20,22)(H,21,25). The number of nitrogens with one attached hydrogen (secondary N) is 3. The number of amides is 3. The molecule has 0 radical (unpaired) electrons. The van der Waals surface area contributed by atoms with Gasteiger partial charge < -0.3 is 15.5 Å². The number of benzene rings is 1. The highest BCUT2D eigenvalue weighted by Crippen LogP contribution is 2.20. The molecular formula is C18H23N5O2. The molecule has 3 rings (SSSR count). The lowest BCUT2D eigenvalue weighted by molar-refractivity contribution is 0.0953. The van der Waals surface area contributed by atoms with E-state index >= 15 is 0 Å². The van der Waals surface area contributed by atoms with E-state index in [1.165, 1.54) is 0 Å². The molecular weight excluding hydrogens is 318 g/mol. The average Bonchev–Trinajstić information content (AvgIpc) is 3.08. The summed E-state index contributed by atoms with van der Waals surface area (Å²) >= 11 is 0. The number of anilines is 1. The molecule has 3 N–H and O–H groups in total. The summed E-state index contributed by atoms with van der Waals surface area (Å²) in [5.74, 6) is -0.0913. The van der Waals surface area contributed by atoms with Crippen LogP contribution in [0.2, 0.25) is 0 Å². The minimum atomic E-state index is -0.141. The Labute approximate surface area is 146 Å². The first-order chi connectivity index (χ1) is 12.1. The second-order valence-electron chi connectivity index (χ2n) is 6.26. The van der Waals surface area contributed by atoms with E-state index in [1.54, 1.807) is 29.3 Å². The summed E-state index contributed by atoms with van der Waals surface area (Å²) in [5.41, 5.74) is 4.34. The molecule has 132 valence electrons. The lowest BCUT2D eigenvalue weighted by atomic mass is 10.1. The van der Waals surface area contributed by atoms with Gasteiger partial charge in [-0.1, -0.05) is 6.92 Å². The Hall–Kier alpha value is -2.83. The third-order valence-corrected chi connectivity index (χ3v) is 4.35. The molecule has 25 heavy (non-hydrogen) atoms. The van der Waals surface area contributed by atoms with E-state index in [-0.39, 0.29) is 11.9 Å². The number of aryl methyl sites for hydroxylation is 1. The Morgan fingerprint density at radius 1 is 1.36 bits per heavy atom. The lowest BCUT2D eigenvalue weighted by Crippen LogP contribution is -2.38. The van der Waals surface area contributed by atoms with E-state index in [0.717, 1.165) is 35.3 Å². The molecule has 1 aromatic heterocycles. The van der Waals surface area contributed by atoms with Crippen molar-refractivity contribution in [2.45, 2.75) is 33.2 Å². The molecule has 1 aliphatic rings. The number of carbonyl (C=O) groups is 2. The molecule has 2 heterocycles. The minimum absolute atomic E-state index is 0.0913. The van der Waals surface area contributed by atoms with Crippen LogP contribution in [0.4, 0.5) is 10.5 Å². The molecule has 2 aromatic rings. The first kappa shape index (κ1) is 17.0. The van der Waals surface area contributed by atoms with Gasteiger partial charge in [0.2, 0.25) is 0 Å². The van der Waals surface area contributed by atoms with E-state index in [9.17, 15) is 9.59 Å². The van der Waals surface area contributed by atoms with Gasteiger partial charge in [-0.3, -0.25) is 9.89 Å². The number of H-pyrrole nitrogens is 1. The molecule has 3 amide bonds. The highest BCUT2D eigenvalue weighted by Gasteiger charge is 2.22. The maximum atomic E-state index is 12.5. The van der Waals surface area contributed by atoms with Crippen molar-refractivity contribution in [3.05, 3.63) is 46.8 Å². The SMILES string of the molecule is CCCNC(=O)c1ccc(NC(=O)N2CCc3[nH]ncc3C2)c(C)c1. The fourth-order valence-corrected chi connectivity index (χ4v) is 2.88. The van der Waals surface area contributed by atoms with Crippen LogP contribution in [-0.2, 0) is 13.0 Å². The minimum Gasteiger partial charge on any atom is -0.352 e. The molecule has 0 spiro atoms. The summed E-state index contributed by atoms with van der Waals surface area (Å²) in [5, 5.41) is 12.8. The van der Waals surface area contributed by atoms with Crippen LogP contribution in [0.15, 0.2) is 24.4 Å². The van der Waals surface area contributed by atoms with Gasteiger partial charge in [0, 0.05) is 42.0 Å². The zero-order valence-electron chi connectivity index (χ0n) is 14.6. The van der Waals surface area contributed by atoms with Crippen LogP contribution in [0.3, 0.4) is 0 Å². The van der Waals surface area contributed by atoms with E-state index in [0.29, 0.717) is 25.2 Å². The zero-order valence-corrected chi connectivity index (χ0v) is 14.6. The second-order valence-corrected chi connectivity index (χ2v) is 6.26. The number of carbonyl (C=O) groups excluding carboxylic acids is 2. The Bertz CT molecular complexity index is 784. The highest BCUT2D eigenvalue weighted by molar-refractivity contribution is 5.96. The Kier molecular flexibility index (Phi) is 5.02. The number of aromatic amines is 1. The van der Waals surface area contributed by atoms with Gasteiger partial charge in [0.15, 0.2) is 0 Å². The van der Waals surface area contributed by atoms with Crippen molar-refractivity contribution < 1.29 is 9.59 Å². The largest absolute Gasteiger partial charge is 0.352 e. The molecule has 0 fully saturated rings. The Morgan fingerprint density at radius 3 is 2.96 bits per heavy atom. The van der Waals surface area contributed by atoms with Gasteiger partial charge in [-0.05, 0) is 37.1 Å². The number of aromatic nitrogens is 2. The molecule has 0 saturated heterocycles. The normalized spacial score (nSPS) is 13.3. The molecule has 0 saturated carbocycles. The number of hydrogen-bond acceptors (Lipinski definition) is 3. The molecule has 0 aliphatic carbocycles. The van der Waals surface area contributed by atoms with E-state index in [2.05, 4.69) is 20.8 Å². The van der Waals surface area contributed by atoms with Crippen molar-refractivity contribution in [1.82, 2.24) is 20.4 Å². The molecule has 0 bridgehead atoms. The Morgan fingerprint density at radius 2 is 2.20 bits per heavy atom. The van der Waals surface area contributed by atoms with Crippen molar-refractivity contribution in [2.24, 2.45) is 0 Å². The zero-order chi connectivity index (χ0) is 17.8. The van der Waals surface area contributed by atoms with Crippen LogP contribution < -0.4 is 10.6 Å². The highest BCUT2D eigenvalue weighted by atomic mass is 16.2. The first-order valence-corrected chi connectivity index (χ1v) is 8.54. The van der Waals surface area contributed by atoms with Crippen LogP contribution in [0.25, 0.3) is 0 Å². The monoisotopic (exact) mass is 341 g/mol. The van der Waals surface area contributed by atoms with Gasteiger partial charge in [-0.15, -0.1) is 0 Å². The van der Waals surface area contributed by atoms with Crippen LogP contribution in [0.5, 0.6) is 0 Å². The predicted octanol–water partition coefficient (Wildman–Crippen LogP) is 2.45. The van der Waals surface area contributed by atoms with Crippen molar-refractivity contribution in [1.29, 1.82) is 0 Å². The maximum Gasteiger partial charge on any atom is 0.322 e. The second kappa shape index (κ2) is 7.38. The predicted molar refractivity (Wildman–Crippen MR) is 95.5 cm³/mol. The number of hydrogen-bond donors (Lipinski definition) is 3. The molecule has 0 atom stereocenters.